The van der Waals surface area contributed by atoms with E-state index < -0.39 is 23.2 Å². The van der Waals surface area contributed by atoms with Gasteiger partial charge in [0.25, 0.3) is 11.2 Å². The smallest absolute Gasteiger partial charge is 0.306 e. The molecule has 2 aromatic heterocycles. The third-order valence-corrected chi connectivity index (χ3v) is 3.19. The van der Waals surface area contributed by atoms with Crippen molar-refractivity contribution < 1.29 is 18.1 Å². The molecule has 0 aliphatic rings. The average Bonchev–Trinajstić information content (AvgIpc) is 2.89. The fourth-order valence-electron chi connectivity index (χ4n) is 2.13. The van der Waals surface area contributed by atoms with Gasteiger partial charge in [-0.05, 0) is 12.1 Å². The van der Waals surface area contributed by atoms with Gasteiger partial charge in [-0.15, -0.1) is 0 Å². The number of fused-ring (bicyclic) bond motifs is 1. The van der Waals surface area contributed by atoms with Crippen molar-refractivity contribution in [3.05, 3.63) is 50.9 Å². The summed E-state index contributed by atoms with van der Waals surface area (Å²) in [7, 11) is 0. The zero-order valence-corrected chi connectivity index (χ0v) is 11.7. The molecule has 0 spiro atoms. The Kier molecular flexibility index (Phi) is 3.55. The normalized spacial score (nSPS) is 11.8. The molecule has 0 saturated heterocycles. The standard InChI is InChI=1S/C13H8F3N5O3/c14-13(15,16)6-20-11-9(5-17-20)12(22)19-10(18-11)7-1-3-8(4-2-7)21(23)24/h1-5H,6H2,(H,18,19,22). The number of rotatable bonds is 3. The third-order valence-electron chi connectivity index (χ3n) is 3.19. The number of non-ortho nitro benzene ring substituents is 1. The van der Waals surface area contributed by atoms with Crippen molar-refractivity contribution in [3.8, 4) is 11.4 Å². The predicted molar refractivity (Wildman–Crippen MR) is 76.3 cm³/mol. The van der Waals surface area contributed by atoms with E-state index in [1.807, 2.05) is 0 Å². The second-order valence-electron chi connectivity index (χ2n) is 4.87. The van der Waals surface area contributed by atoms with Gasteiger partial charge in [0.1, 0.15) is 17.8 Å². The van der Waals surface area contributed by atoms with E-state index in [2.05, 4.69) is 15.1 Å². The van der Waals surface area contributed by atoms with Crippen molar-refractivity contribution in [3.63, 3.8) is 0 Å². The maximum absolute atomic E-state index is 12.6. The van der Waals surface area contributed by atoms with Crippen LogP contribution in [-0.4, -0.2) is 30.8 Å². The number of aromatic nitrogens is 4. The van der Waals surface area contributed by atoms with Gasteiger partial charge in [0.15, 0.2) is 5.65 Å². The molecule has 0 atom stereocenters. The van der Waals surface area contributed by atoms with E-state index in [0.29, 0.717) is 10.2 Å². The van der Waals surface area contributed by atoms with E-state index in [9.17, 15) is 28.1 Å². The highest BCUT2D eigenvalue weighted by Gasteiger charge is 2.30. The van der Waals surface area contributed by atoms with Gasteiger partial charge in [-0.25, -0.2) is 9.67 Å². The van der Waals surface area contributed by atoms with Crippen molar-refractivity contribution in [2.45, 2.75) is 12.7 Å². The lowest BCUT2D eigenvalue weighted by atomic mass is 10.2. The van der Waals surface area contributed by atoms with Crippen molar-refractivity contribution >= 4 is 16.7 Å². The van der Waals surface area contributed by atoms with Crippen molar-refractivity contribution in [2.75, 3.05) is 0 Å². The highest BCUT2D eigenvalue weighted by molar-refractivity contribution is 5.75. The minimum Gasteiger partial charge on any atom is -0.306 e. The number of nitro groups is 1. The molecule has 8 nitrogen and oxygen atoms in total. The van der Waals surface area contributed by atoms with Gasteiger partial charge in [-0.1, -0.05) is 0 Å². The largest absolute Gasteiger partial charge is 0.408 e. The number of nitrogens with one attached hydrogen (secondary N) is 1. The first kappa shape index (κ1) is 15.6. The topological polar surface area (TPSA) is 107 Å². The summed E-state index contributed by atoms with van der Waals surface area (Å²) in [6.45, 7) is -1.38. The average molecular weight is 339 g/mol. The first-order valence-corrected chi connectivity index (χ1v) is 6.52. The van der Waals surface area contributed by atoms with Gasteiger partial charge in [-0.2, -0.15) is 18.3 Å². The van der Waals surface area contributed by atoms with Crippen LogP contribution in [0.5, 0.6) is 0 Å². The van der Waals surface area contributed by atoms with E-state index >= 15 is 0 Å². The van der Waals surface area contributed by atoms with Gasteiger partial charge < -0.3 is 4.98 Å². The summed E-state index contributed by atoms with van der Waals surface area (Å²) in [5, 5.41) is 14.1. The zero-order chi connectivity index (χ0) is 17.5. The van der Waals surface area contributed by atoms with E-state index in [4.69, 9.17) is 0 Å². The number of hydrogen-bond acceptors (Lipinski definition) is 5. The monoisotopic (exact) mass is 339 g/mol. The minimum absolute atomic E-state index is 0.00803. The molecule has 0 bridgehead atoms. The molecule has 11 heteroatoms. The molecule has 3 aromatic rings. The Morgan fingerprint density at radius 2 is 1.92 bits per heavy atom. The molecule has 1 N–H and O–H groups in total. The van der Waals surface area contributed by atoms with Crippen LogP contribution in [0.4, 0.5) is 18.9 Å². The van der Waals surface area contributed by atoms with Crippen LogP contribution in [0.3, 0.4) is 0 Å². The lowest BCUT2D eigenvalue weighted by Crippen LogP contribution is -2.19. The second kappa shape index (κ2) is 5.44. The Labute approximate surface area is 130 Å². The molecule has 24 heavy (non-hydrogen) atoms. The molecule has 0 aliphatic heterocycles. The van der Waals surface area contributed by atoms with Gasteiger partial charge in [0, 0.05) is 17.7 Å². The molecular weight excluding hydrogens is 331 g/mol. The maximum atomic E-state index is 12.6. The molecule has 3 rings (SSSR count). The molecular formula is C13H8F3N5O3. The molecule has 0 fully saturated rings. The first-order valence-electron chi connectivity index (χ1n) is 6.52. The van der Waals surface area contributed by atoms with Crippen LogP contribution in [0, 0.1) is 10.1 Å². The van der Waals surface area contributed by atoms with Crippen molar-refractivity contribution in [1.29, 1.82) is 0 Å². The minimum atomic E-state index is -4.52. The van der Waals surface area contributed by atoms with Crippen LogP contribution in [-0.2, 0) is 6.54 Å². The van der Waals surface area contributed by atoms with Gasteiger partial charge >= 0.3 is 6.18 Å². The number of hydrogen-bond donors (Lipinski definition) is 1. The lowest BCUT2D eigenvalue weighted by Gasteiger charge is -2.07. The highest BCUT2D eigenvalue weighted by atomic mass is 19.4. The summed E-state index contributed by atoms with van der Waals surface area (Å²) in [6.07, 6.45) is -3.51. The zero-order valence-electron chi connectivity index (χ0n) is 11.7. The summed E-state index contributed by atoms with van der Waals surface area (Å²) < 4.78 is 38.2. The first-order chi connectivity index (χ1) is 11.2. The summed E-state index contributed by atoms with van der Waals surface area (Å²) in [5.41, 5.74) is -0.713. The number of alkyl halides is 3. The molecule has 0 unspecified atom stereocenters. The molecule has 0 amide bonds. The number of nitro benzene ring substituents is 1. The van der Waals surface area contributed by atoms with Crippen molar-refractivity contribution in [1.82, 2.24) is 19.7 Å². The quantitative estimate of drug-likeness (QED) is 0.582. The summed E-state index contributed by atoms with van der Waals surface area (Å²) in [5.74, 6) is -0.00803. The number of nitrogens with zero attached hydrogens (tertiary/aromatic N) is 4. The maximum Gasteiger partial charge on any atom is 0.408 e. The Morgan fingerprint density at radius 3 is 2.50 bits per heavy atom. The van der Waals surface area contributed by atoms with Crippen LogP contribution < -0.4 is 5.56 Å². The Morgan fingerprint density at radius 1 is 1.25 bits per heavy atom. The van der Waals surface area contributed by atoms with E-state index in [1.54, 1.807) is 0 Å². The Bertz CT molecular complexity index is 975. The summed E-state index contributed by atoms with van der Waals surface area (Å²) >= 11 is 0. The van der Waals surface area contributed by atoms with Gasteiger partial charge in [0.05, 0.1) is 11.1 Å². The molecule has 2 heterocycles. The van der Waals surface area contributed by atoms with E-state index in [0.717, 1.165) is 6.20 Å². The van der Waals surface area contributed by atoms with Crippen LogP contribution in [0.25, 0.3) is 22.4 Å². The van der Waals surface area contributed by atoms with Crippen LogP contribution in [0.15, 0.2) is 35.3 Å². The molecule has 1 aromatic carbocycles. The van der Waals surface area contributed by atoms with Gasteiger partial charge in [0.2, 0.25) is 0 Å². The Hall–Kier alpha value is -3.24. The van der Waals surface area contributed by atoms with Gasteiger partial charge in [-0.3, -0.25) is 14.9 Å². The number of halogens is 3. The highest BCUT2D eigenvalue weighted by Crippen LogP contribution is 2.22. The summed E-state index contributed by atoms with van der Waals surface area (Å²) in [4.78, 5) is 28.4. The molecule has 0 radical (unpaired) electrons. The molecule has 0 saturated carbocycles. The van der Waals surface area contributed by atoms with Crippen molar-refractivity contribution in [2.24, 2.45) is 0 Å². The number of H-pyrrole nitrogens is 1. The summed E-state index contributed by atoms with van der Waals surface area (Å²) in [6, 6.07) is 5.08. The number of benzene rings is 1. The van der Waals surface area contributed by atoms with Crippen LogP contribution in [0.1, 0.15) is 0 Å². The van der Waals surface area contributed by atoms with E-state index in [1.165, 1.54) is 24.3 Å². The molecule has 124 valence electrons. The lowest BCUT2D eigenvalue weighted by molar-refractivity contribution is -0.384. The number of aromatic amines is 1. The fourth-order valence-corrected chi connectivity index (χ4v) is 2.13. The third kappa shape index (κ3) is 2.95. The van der Waals surface area contributed by atoms with Crippen LogP contribution >= 0.6 is 0 Å². The SMILES string of the molecule is O=c1[nH]c(-c2ccc([N+](=O)[O-])cc2)nc2c1cnn2CC(F)(F)F. The van der Waals surface area contributed by atoms with Crippen LogP contribution in [0.2, 0.25) is 0 Å². The predicted octanol–water partition coefficient (Wildman–Crippen LogP) is 2.26. The van der Waals surface area contributed by atoms with E-state index in [-0.39, 0.29) is 22.5 Å². The Balaban J connectivity index is 2.10. The fraction of sp³-hybridized carbons (Fsp3) is 0.154. The molecule has 0 aliphatic carbocycles. The second-order valence-corrected chi connectivity index (χ2v) is 4.87.